The van der Waals surface area contributed by atoms with Crippen molar-refractivity contribution in [3.63, 3.8) is 0 Å². The van der Waals surface area contributed by atoms with Gasteiger partial charge in [0.1, 0.15) is 0 Å². The minimum absolute atomic E-state index is 0.195. The summed E-state index contributed by atoms with van der Waals surface area (Å²) in [5.41, 5.74) is 7.36. The van der Waals surface area contributed by atoms with Gasteiger partial charge in [-0.05, 0) is 70.1 Å². The summed E-state index contributed by atoms with van der Waals surface area (Å²) in [7, 11) is 1.69. The van der Waals surface area contributed by atoms with E-state index in [9.17, 15) is 0 Å². The molecule has 0 spiro atoms. The highest BCUT2D eigenvalue weighted by molar-refractivity contribution is 5.78. The fraction of sp³-hybridized carbons (Fsp3) is 0.667. The minimum Gasteiger partial charge on any atom is -0.383 e. The van der Waals surface area contributed by atoms with Crippen molar-refractivity contribution in [3.05, 3.63) is 35.9 Å². The number of nitrogens with one attached hydrogen (secondary N) is 1. The maximum absolute atomic E-state index is 5.88. The van der Waals surface area contributed by atoms with Crippen LogP contribution in [0, 0.1) is 5.92 Å². The van der Waals surface area contributed by atoms with E-state index < -0.39 is 0 Å². The molecule has 1 heterocycles. The molecule has 1 saturated heterocycles. The van der Waals surface area contributed by atoms with Gasteiger partial charge in [0.2, 0.25) is 0 Å². The van der Waals surface area contributed by atoms with E-state index in [2.05, 4.69) is 45.5 Å². The number of benzene rings is 1. The molecule has 3 N–H and O–H groups in total. The van der Waals surface area contributed by atoms with Crippen LogP contribution in [0.1, 0.15) is 38.2 Å². The number of nitrogens with two attached hydrogens (primary N) is 1. The number of nitrogens with zero attached hydrogens (tertiary/aromatic N) is 2. The zero-order valence-corrected chi connectivity index (χ0v) is 16.5. The molecule has 5 nitrogen and oxygen atoms in total. The smallest absolute Gasteiger partial charge is 0.188 e. The summed E-state index contributed by atoms with van der Waals surface area (Å²) in [6.45, 7) is 7.12. The Morgan fingerprint density at radius 1 is 1.27 bits per heavy atom. The highest BCUT2D eigenvalue weighted by Crippen LogP contribution is 2.21. The summed E-state index contributed by atoms with van der Waals surface area (Å²) in [5.74, 6) is 1.37. The molecule has 1 aliphatic rings. The van der Waals surface area contributed by atoms with E-state index in [0.29, 0.717) is 12.6 Å². The van der Waals surface area contributed by atoms with Crippen LogP contribution in [0.3, 0.4) is 0 Å². The first kappa shape index (κ1) is 20.7. The van der Waals surface area contributed by atoms with Crippen molar-refractivity contribution in [2.45, 2.75) is 45.1 Å². The molecular formula is C21H36N4O. The second kappa shape index (κ2) is 11.9. The summed E-state index contributed by atoms with van der Waals surface area (Å²) in [4.78, 5) is 7.00. The van der Waals surface area contributed by atoms with E-state index in [1.165, 1.54) is 50.9 Å². The quantitative estimate of drug-likeness (QED) is 0.382. The first-order valence-electron chi connectivity index (χ1n) is 9.99. The highest BCUT2D eigenvalue weighted by Gasteiger charge is 2.18. The molecule has 1 aliphatic heterocycles. The lowest BCUT2D eigenvalue weighted by Crippen LogP contribution is -2.40. The molecule has 0 bridgehead atoms. The molecule has 5 heteroatoms. The molecule has 0 radical (unpaired) electrons. The van der Waals surface area contributed by atoms with Crippen molar-refractivity contribution in [1.82, 2.24) is 10.2 Å². The molecule has 0 aromatic heterocycles. The van der Waals surface area contributed by atoms with Gasteiger partial charge in [-0.2, -0.15) is 0 Å². The largest absolute Gasteiger partial charge is 0.383 e. The lowest BCUT2D eigenvalue weighted by Gasteiger charge is -2.32. The monoisotopic (exact) mass is 360 g/mol. The Bertz CT molecular complexity index is 512. The average Bonchev–Trinajstić information content (AvgIpc) is 2.64. The molecule has 1 unspecified atom stereocenters. The Morgan fingerprint density at radius 2 is 2.00 bits per heavy atom. The molecule has 0 aliphatic carbocycles. The zero-order chi connectivity index (χ0) is 18.6. The van der Waals surface area contributed by atoms with Crippen LogP contribution >= 0.6 is 0 Å². The van der Waals surface area contributed by atoms with E-state index >= 15 is 0 Å². The number of likely N-dealkylation sites (tertiary alicyclic amines) is 1. The first-order chi connectivity index (χ1) is 12.7. The summed E-state index contributed by atoms with van der Waals surface area (Å²) in [6.07, 6.45) is 6.15. The second-order valence-electron chi connectivity index (χ2n) is 7.45. The van der Waals surface area contributed by atoms with Gasteiger partial charge in [0.05, 0.1) is 6.61 Å². The molecule has 1 aromatic carbocycles. The predicted octanol–water partition coefficient (Wildman–Crippen LogP) is 2.66. The molecule has 1 fully saturated rings. The molecule has 0 amide bonds. The van der Waals surface area contributed by atoms with E-state index in [1.807, 2.05) is 6.92 Å². The number of hydrogen-bond donors (Lipinski definition) is 2. The van der Waals surface area contributed by atoms with Gasteiger partial charge in [-0.3, -0.25) is 4.99 Å². The number of methoxy groups -OCH3 is 1. The molecule has 146 valence electrons. The van der Waals surface area contributed by atoms with Gasteiger partial charge >= 0.3 is 0 Å². The SMILES string of the molecule is COCC(C)NC(N)=NCCCCN1CCC(Cc2ccccc2)CC1. The number of rotatable bonds is 10. The van der Waals surface area contributed by atoms with Crippen molar-refractivity contribution < 1.29 is 4.74 Å². The predicted molar refractivity (Wildman–Crippen MR) is 110 cm³/mol. The number of guanidine groups is 1. The molecule has 0 saturated carbocycles. The summed E-state index contributed by atoms with van der Waals surface area (Å²) >= 11 is 0. The van der Waals surface area contributed by atoms with Crippen molar-refractivity contribution in [2.75, 3.05) is 39.9 Å². The molecule has 2 rings (SSSR count). The summed E-state index contributed by atoms with van der Waals surface area (Å²) in [6, 6.07) is 11.1. The number of hydrogen-bond acceptors (Lipinski definition) is 3. The zero-order valence-electron chi connectivity index (χ0n) is 16.5. The van der Waals surface area contributed by atoms with Crippen LogP contribution in [0.25, 0.3) is 0 Å². The summed E-state index contributed by atoms with van der Waals surface area (Å²) < 4.78 is 5.08. The lowest BCUT2D eigenvalue weighted by molar-refractivity contribution is 0.179. The van der Waals surface area contributed by atoms with Crippen molar-refractivity contribution in [3.8, 4) is 0 Å². The van der Waals surface area contributed by atoms with Crippen molar-refractivity contribution in [2.24, 2.45) is 16.6 Å². The van der Waals surface area contributed by atoms with Crippen molar-refractivity contribution >= 4 is 5.96 Å². The van der Waals surface area contributed by atoms with Gasteiger partial charge < -0.3 is 20.7 Å². The fourth-order valence-corrected chi connectivity index (χ4v) is 3.60. The van der Waals surface area contributed by atoms with Gasteiger partial charge in [-0.15, -0.1) is 0 Å². The molecule has 1 aromatic rings. The molecule has 1 atom stereocenters. The Labute approximate surface area is 159 Å². The van der Waals surface area contributed by atoms with Crippen LogP contribution in [0.15, 0.2) is 35.3 Å². The van der Waals surface area contributed by atoms with E-state index in [1.54, 1.807) is 7.11 Å². The fourth-order valence-electron chi connectivity index (χ4n) is 3.60. The van der Waals surface area contributed by atoms with Crippen LogP contribution in [-0.4, -0.2) is 56.8 Å². The minimum atomic E-state index is 0.195. The lowest BCUT2D eigenvalue weighted by atomic mass is 9.90. The molecule has 26 heavy (non-hydrogen) atoms. The van der Waals surface area contributed by atoms with Crippen molar-refractivity contribution in [1.29, 1.82) is 0 Å². The third kappa shape index (κ3) is 8.19. The van der Waals surface area contributed by atoms with E-state index in [-0.39, 0.29) is 6.04 Å². The van der Waals surface area contributed by atoms with E-state index in [0.717, 1.165) is 18.9 Å². The number of piperidine rings is 1. The second-order valence-corrected chi connectivity index (χ2v) is 7.45. The van der Waals surface area contributed by atoms with Gasteiger partial charge in [0.25, 0.3) is 0 Å². The number of aliphatic imine (C=N–C) groups is 1. The summed E-state index contributed by atoms with van der Waals surface area (Å²) in [5, 5.41) is 3.14. The third-order valence-electron chi connectivity index (χ3n) is 5.05. The van der Waals surface area contributed by atoms with Gasteiger partial charge in [-0.25, -0.2) is 0 Å². The van der Waals surface area contributed by atoms with Crippen LogP contribution in [-0.2, 0) is 11.2 Å². The number of ether oxygens (including phenoxy) is 1. The Morgan fingerprint density at radius 3 is 2.69 bits per heavy atom. The van der Waals surface area contributed by atoms with Gasteiger partial charge in [0.15, 0.2) is 5.96 Å². The van der Waals surface area contributed by atoms with Gasteiger partial charge in [0, 0.05) is 19.7 Å². The Kier molecular flexibility index (Phi) is 9.50. The standard InChI is InChI=1S/C21H36N4O/c1-18(17-26-2)24-21(22)23-12-6-7-13-25-14-10-20(11-15-25)16-19-8-4-3-5-9-19/h3-5,8-9,18,20H,6-7,10-17H2,1-2H3,(H3,22,23,24). The first-order valence-corrected chi connectivity index (χ1v) is 9.99. The highest BCUT2D eigenvalue weighted by atomic mass is 16.5. The van der Waals surface area contributed by atoms with Gasteiger partial charge in [-0.1, -0.05) is 30.3 Å². The third-order valence-corrected chi connectivity index (χ3v) is 5.05. The molecular weight excluding hydrogens is 324 g/mol. The maximum Gasteiger partial charge on any atom is 0.188 e. The van der Waals surface area contributed by atoms with Crippen LogP contribution in [0.2, 0.25) is 0 Å². The van der Waals surface area contributed by atoms with Crippen LogP contribution in [0.5, 0.6) is 0 Å². The Hall–Kier alpha value is -1.59. The van der Waals surface area contributed by atoms with Crippen LogP contribution < -0.4 is 11.1 Å². The van der Waals surface area contributed by atoms with Crippen LogP contribution in [0.4, 0.5) is 0 Å². The normalized spacial score (nSPS) is 18.0. The van der Waals surface area contributed by atoms with E-state index in [4.69, 9.17) is 10.5 Å². The average molecular weight is 361 g/mol. The maximum atomic E-state index is 5.88. The number of unbranched alkanes of at least 4 members (excludes halogenated alkanes) is 1. The topological polar surface area (TPSA) is 62.9 Å². The Balaban J connectivity index is 1.53.